The van der Waals surface area contributed by atoms with Crippen molar-refractivity contribution in [3.05, 3.63) is 30.1 Å². The summed E-state index contributed by atoms with van der Waals surface area (Å²) in [6.45, 7) is -0.320. The Kier molecular flexibility index (Phi) is 2.00. The molecule has 68 valence electrons. The van der Waals surface area contributed by atoms with Crippen molar-refractivity contribution in [2.75, 3.05) is 6.61 Å². The number of para-hydroxylation sites is 2. The monoisotopic (exact) mass is 178 g/mol. The molecule has 0 saturated carbocycles. The average molecular weight is 178 g/mol. The summed E-state index contributed by atoms with van der Waals surface area (Å²) in [6, 6.07) is 7.48. The van der Waals surface area contributed by atoms with Crippen LogP contribution in [0.15, 0.2) is 24.3 Å². The number of rotatable bonds is 2. The lowest BCUT2D eigenvalue weighted by Gasteiger charge is -2.00. The Morgan fingerprint density at radius 2 is 2.15 bits per heavy atom. The predicted octanol–water partition coefficient (Wildman–Crippen LogP) is 0.589. The number of hydrogen-bond acceptors (Lipinski definition) is 3. The smallest absolute Gasteiger partial charge is 0.138 e. The minimum Gasteiger partial charge on any atom is -0.393 e. The highest BCUT2D eigenvalue weighted by molar-refractivity contribution is 5.74. The van der Waals surface area contributed by atoms with Gasteiger partial charge in [0.15, 0.2) is 0 Å². The normalized spacial score (nSPS) is 13.4. The number of aromatic amines is 1. The molecule has 0 fully saturated rings. The third kappa shape index (κ3) is 1.41. The summed E-state index contributed by atoms with van der Waals surface area (Å²) in [7, 11) is 0. The predicted molar refractivity (Wildman–Crippen MR) is 48.1 cm³/mol. The summed E-state index contributed by atoms with van der Waals surface area (Å²) >= 11 is 0. The first kappa shape index (κ1) is 8.22. The number of benzene rings is 1. The minimum absolute atomic E-state index is 0.320. The van der Waals surface area contributed by atoms with Gasteiger partial charge in [-0.3, -0.25) is 0 Å². The van der Waals surface area contributed by atoms with Crippen molar-refractivity contribution in [2.24, 2.45) is 0 Å². The Morgan fingerprint density at radius 3 is 2.85 bits per heavy atom. The highest BCUT2D eigenvalue weighted by atomic mass is 16.3. The quantitative estimate of drug-likeness (QED) is 0.630. The maximum Gasteiger partial charge on any atom is 0.138 e. The number of nitrogens with one attached hydrogen (secondary N) is 1. The van der Waals surface area contributed by atoms with Gasteiger partial charge in [-0.25, -0.2) is 4.98 Å². The average Bonchev–Trinajstić information content (AvgIpc) is 2.59. The molecule has 1 aromatic carbocycles. The summed E-state index contributed by atoms with van der Waals surface area (Å²) in [5, 5.41) is 18.0. The molecule has 0 aliphatic rings. The molecule has 1 aromatic heterocycles. The Bertz CT molecular complexity index is 378. The topological polar surface area (TPSA) is 69.1 Å². The Morgan fingerprint density at radius 1 is 1.38 bits per heavy atom. The van der Waals surface area contributed by atoms with Crippen LogP contribution in [0.5, 0.6) is 0 Å². The highest BCUT2D eigenvalue weighted by Crippen LogP contribution is 2.14. The van der Waals surface area contributed by atoms with Crippen LogP contribution in [-0.2, 0) is 0 Å². The maximum absolute atomic E-state index is 9.29. The molecular weight excluding hydrogens is 168 g/mol. The van der Waals surface area contributed by atoms with Crippen molar-refractivity contribution in [2.45, 2.75) is 6.10 Å². The Balaban J connectivity index is 2.49. The molecule has 0 amide bonds. The molecule has 4 nitrogen and oxygen atoms in total. The second-order valence-electron chi connectivity index (χ2n) is 2.84. The van der Waals surface area contributed by atoms with Gasteiger partial charge in [0, 0.05) is 0 Å². The van der Waals surface area contributed by atoms with Crippen LogP contribution in [0, 0.1) is 0 Å². The summed E-state index contributed by atoms with van der Waals surface area (Å²) in [5.74, 6) is 0.406. The summed E-state index contributed by atoms with van der Waals surface area (Å²) in [5.41, 5.74) is 1.66. The van der Waals surface area contributed by atoms with E-state index >= 15 is 0 Å². The molecule has 2 aromatic rings. The molecule has 1 unspecified atom stereocenters. The van der Waals surface area contributed by atoms with Gasteiger partial charge >= 0.3 is 0 Å². The fraction of sp³-hybridized carbons (Fsp3) is 0.222. The zero-order chi connectivity index (χ0) is 9.26. The standard InChI is InChI=1S/C9H10N2O2/c12-5-8(13)9-10-6-3-1-2-4-7(6)11-9/h1-4,8,12-13H,5H2,(H,10,11). The minimum atomic E-state index is -0.924. The maximum atomic E-state index is 9.29. The van der Waals surface area contributed by atoms with Crippen LogP contribution in [0.1, 0.15) is 11.9 Å². The lowest BCUT2D eigenvalue weighted by atomic mass is 10.3. The van der Waals surface area contributed by atoms with Crippen LogP contribution in [0.25, 0.3) is 11.0 Å². The summed E-state index contributed by atoms with van der Waals surface area (Å²) in [6.07, 6.45) is -0.924. The first-order valence-electron chi connectivity index (χ1n) is 4.05. The number of nitrogens with zero attached hydrogens (tertiary/aromatic N) is 1. The molecular formula is C9H10N2O2. The molecule has 2 rings (SSSR count). The molecule has 0 aliphatic heterocycles. The molecule has 0 radical (unpaired) electrons. The van der Waals surface area contributed by atoms with Gasteiger partial charge in [0.25, 0.3) is 0 Å². The van der Waals surface area contributed by atoms with Crippen LogP contribution in [0.2, 0.25) is 0 Å². The van der Waals surface area contributed by atoms with E-state index in [0.717, 1.165) is 11.0 Å². The molecule has 1 atom stereocenters. The molecule has 13 heavy (non-hydrogen) atoms. The molecule has 0 spiro atoms. The van der Waals surface area contributed by atoms with Crippen LogP contribution in [0.4, 0.5) is 0 Å². The van der Waals surface area contributed by atoms with Gasteiger partial charge in [-0.2, -0.15) is 0 Å². The number of hydrogen-bond donors (Lipinski definition) is 3. The van der Waals surface area contributed by atoms with E-state index in [-0.39, 0.29) is 6.61 Å². The number of fused-ring (bicyclic) bond motifs is 1. The summed E-state index contributed by atoms with van der Waals surface area (Å²) < 4.78 is 0. The summed E-state index contributed by atoms with van der Waals surface area (Å²) in [4.78, 5) is 7.04. The molecule has 4 heteroatoms. The molecule has 0 saturated heterocycles. The fourth-order valence-electron chi connectivity index (χ4n) is 1.22. The van der Waals surface area contributed by atoms with Crippen molar-refractivity contribution in [1.82, 2.24) is 9.97 Å². The molecule has 3 N–H and O–H groups in total. The third-order valence-electron chi connectivity index (χ3n) is 1.90. The van der Waals surface area contributed by atoms with Crippen LogP contribution in [0.3, 0.4) is 0 Å². The van der Waals surface area contributed by atoms with Gasteiger partial charge < -0.3 is 15.2 Å². The van der Waals surface area contributed by atoms with E-state index in [1.54, 1.807) is 0 Å². The first-order chi connectivity index (χ1) is 6.31. The molecule has 0 bridgehead atoms. The van der Waals surface area contributed by atoms with E-state index in [1.165, 1.54) is 0 Å². The zero-order valence-corrected chi connectivity index (χ0v) is 6.94. The number of aliphatic hydroxyl groups excluding tert-OH is 2. The van der Waals surface area contributed by atoms with Crippen molar-refractivity contribution < 1.29 is 10.2 Å². The number of H-pyrrole nitrogens is 1. The van der Waals surface area contributed by atoms with Gasteiger partial charge in [-0.1, -0.05) is 12.1 Å². The Labute approximate surface area is 74.9 Å². The lowest BCUT2D eigenvalue weighted by Crippen LogP contribution is -2.03. The highest BCUT2D eigenvalue weighted by Gasteiger charge is 2.10. The van der Waals surface area contributed by atoms with Gasteiger partial charge in [0.2, 0.25) is 0 Å². The zero-order valence-electron chi connectivity index (χ0n) is 6.94. The number of imidazole rings is 1. The SMILES string of the molecule is OCC(O)c1nc2ccccc2[nH]1. The second kappa shape index (κ2) is 3.16. The van der Waals surface area contributed by atoms with E-state index in [0.29, 0.717) is 5.82 Å². The first-order valence-corrected chi connectivity index (χ1v) is 4.05. The van der Waals surface area contributed by atoms with Gasteiger partial charge in [-0.05, 0) is 12.1 Å². The molecule has 1 heterocycles. The molecule has 0 aliphatic carbocycles. The van der Waals surface area contributed by atoms with Crippen molar-refractivity contribution in [3.8, 4) is 0 Å². The number of aliphatic hydroxyl groups is 2. The lowest BCUT2D eigenvalue weighted by molar-refractivity contribution is 0.0895. The third-order valence-corrected chi connectivity index (χ3v) is 1.90. The van der Waals surface area contributed by atoms with E-state index in [1.807, 2.05) is 24.3 Å². The van der Waals surface area contributed by atoms with E-state index < -0.39 is 6.10 Å². The van der Waals surface area contributed by atoms with E-state index in [9.17, 15) is 5.11 Å². The van der Waals surface area contributed by atoms with E-state index in [2.05, 4.69) is 9.97 Å². The van der Waals surface area contributed by atoms with Gasteiger partial charge in [0.1, 0.15) is 11.9 Å². The van der Waals surface area contributed by atoms with Crippen molar-refractivity contribution in [1.29, 1.82) is 0 Å². The van der Waals surface area contributed by atoms with Crippen LogP contribution >= 0.6 is 0 Å². The van der Waals surface area contributed by atoms with Gasteiger partial charge in [-0.15, -0.1) is 0 Å². The second-order valence-corrected chi connectivity index (χ2v) is 2.84. The largest absolute Gasteiger partial charge is 0.393 e. The number of aromatic nitrogens is 2. The van der Waals surface area contributed by atoms with Crippen molar-refractivity contribution >= 4 is 11.0 Å². The van der Waals surface area contributed by atoms with E-state index in [4.69, 9.17) is 5.11 Å². The van der Waals surface area contributed by atoms with Gasteiger partial charge in [0.05, 0.1) is 17.6 Å². The Hall–Kier alpha value is -1.39. The van der Waals surface area contributed by atoms with Crippen molar-refractivity contribution in [3.63, 3.8) is 0 Å². The van der Waals surface area contributed by atoms with Crippen LogP contribution < -0.4 is 0 Å². The van der Waals surface area contributed by atoms with Crippen LogP contribution in [-0.4, -0.2) is 26.8 Å². The fourth-order valence-corrected chi connectivity index (χ4v) is 1.22.